The van der Waals surface area contributed by atoms with Gasteiger partial charge in [0.15, 0.2) is 0 Å². The lowest BCUT2D eigenvalue weighted by molar-refractivity contribution is -0.136. The molecule has 0 heterocycles. The van der Waals surface area contributed by atoms with Crippen molar-refractivity contribution in [2.75, 3.05) is 7.11 Å². The zero-order chi connectivity index (χ0) is 9.40. The van der Waals surface area contributed by atoms with Crippen molar-refractivity contribution in [3.05, 3.63) is 17.4 Å². The van der Waals surface area contributed by atoms with Gasteiger partial charge in [0.05, 0.1) is 12.7 Å². The number of rotatable bonds is 4. The summed E-state index contributed by atoms with van der Waals surface area (Å²) < 4.78 is 4.60. The van der Waals surface area contributed by atoms with E-state index in [-0.39, 0.29) is 5.97 Å². The van der Waals surface area contributed by atoms with Gasteiger partial charge < -0.3 is 4.74 Å². The number of carbonyl (C=O) groups excluding carboxylic acids is 1. The minimum Gasteiger partial charge on any atom is -0.465 e. The average molecular weight is 168 g/mol. The number of esters is 1. The second kappa shape index (κ2) is 6.68. The smallest absolute Gasteiger partial charge is 0.341 e. The van der Waals surface area contributed by atoms with Gasteiger partial charge in [-0.1, -0.05) is 13.3 Å². The fourth-order valence-corrected chi connectivity index (χ4v) is 0.884. The van der Waals surface area contributed by atoms with Crippen molar-refractivity contribution in [3.8, 4) is 0 Å². The molecule has 0 saturated heterocycles. The zero-order valence-corrected chi connectivity index (χ0v) is 8.02. The van der Waals surface area contributed by atoms with E-state index >= 15 is 0 Å². The molecule has 0 rings (SSSR count). The molecule has 0 unspecified atom stereocenters. The number of ether oxygens (including phenoxy) is 1. The molecule has 0 fully saturated rings. The Morgan fingerprint density at radius 1 is 1.58 bits per heavy atom. The van der Waals surface area contributed by atoms with Crippen LogP contribution in [0.25, 0.3) is 0 Å². The Hall–Kier alpha value is -1.01. The van der Waals surface area contributed by atoms with Gasteiger partial charge >= 0.3 is 5.97 Å². The first-order chi connectivity index (χ1) is 5.76. The van der Waals surface area contributed by atoms with E-state index in [0.717, 1.165) is 19.3 Å². The minimum absolute atomic E-state index is 0.262. The van der Waals surface area contributed by atoms with Gasteiger partial charge in [-0.25, -0.2) is 4.79 Å². The van der Waals surface area contributed by atoms with E-state index in [4.69, 9.17) is 0 Å². The number of unbranched alkanes of at least 4 members (excludes halogenated alkanes) is 1. The first-order valence-corrected chi connectivity index (χ1v) is 4.24. The lowest BCUT2D eigenvalue weighted by Gasteiger charge is -2.00. The van der Waals surface area contributed by atoms with Crippen LogP contribution in [0.15, 0.2) is 17.4 Å². The molecule has 2 nitrogen and oxygen atoms in total. The van der Waals surface area contributed by atoms with Crippen LogP contribution in [0.1, 0.15) is 33.1 Å². The molecule has 0 amide bonds. The lowest BCUT2D eigenvalue weighted by Crippen LogP contribution is -2.03. The van der Waals surface area contributed by atoms with Crippen LogP contribution in [0.2, 0.25) is 0 Å². The Kier molecular flexibility index (Phi) is 6.12. The first-order valence-electron chi connectivity index (χ1n) is 4.24. The average Bonchev–Trinajstić information content (AvgIpc) is 2.11. The van der Waals surface area contributed by atoms with Crippen molar-refractivity contribution in [2.24, 2.45) is 0 Å². The molecule has 12 heavy (non-hydrogen) atoms. The summed E-state index contributed by atoms with van der Waals surface area (Å²) in [5, 5.41) is 0. The summed E-state index contributed by atoms with van der Waals surface area (Å²) in [5.74, 6) is -0.262. The summed E-state index contributed by atoms with van der Waals surface area (Å²) in [4.78, 5) is 11.1. The third kappa shape index (κ3) is 3.99. The molecular formula is C10H16O2. The Labute approximate surface area is 73.9 Å². The highest BCUT2D eigenvalue weighted by atomic mass is 16.5. The molecular weight excluding hydrogens is 152 g/mol. The molecule has 0 spiro atoms. The Bertz CT molecular complexity index is 198. The third-order valence-electron chi connectivity index (χ3n) is 1.53. The van der Waals surface area contributed by atoms with E-state index < -0.39 is 0 Å². The minimum atomic E-state index is -0.262. The molecule has 0 N–H and O–H groups in total. The molecule has 0 aromatic rings. The standard InChI is InChI=1S/C10H16O2/c1-4-6-8-9(7-5-2)10(11)12-3/h5H,4,6,8H2,1-3H3. The maximum atomic E-state index is 11.1. The summed E-state index contributed by atoms with van der Waals surface area (Å²) in [7, 11) is 1.39. The van der Waals surface area contributed by atoms with Crippen LogP contribution in [0, 0.1) is 0 Å². The summed E-state index contributed by atoms with van der Waals surface area (Å²) in [6.07, 6.45) is 4.58. The van der Waals surface area contributed by atoms with E-state index in [2.05, 4.69) is 17.4 Å². The summed E-state index contributed by atoms with van der Waals surface area (Å²) in [5.41, 5.74) is 3.53. The van der Waals surface area contributed by atoms with Crippen molar-refractivity contribution in [2.45, 2.75) is 33.1 Å². The number of hydrogen-bond acceptors (Lipinski definition) is 2. The molecule has 0 aliphatic carbocycles. The van der Waals surface area contributed by atoms with E-state index in [1.54, 1.807) is 6.08 Å². The molecule has 0 aliphatic heterocycles. The van der Waals surface area contributed by atoms with Crippen molar-refractivity contribution >= 4 is 5.97 Å². The Balaban J connectivity index is 4.25. The maximum absolute atomic E-state index is 11.1. The van der Waals surface area contributed by atoms with Gasteiger partial charge in [0, 0.05) is 0 Å². The van der Waals surface area contributed by atoms with Crippen LogP contribution in [0.5, 0.6) is 0 Å². The quantitative estimate of drug-likeness (QED) is 0.366. The van der Waals surface area contributed by atoms with Crippen LogP contribution in [0.3, 0.4) is 0 Å². The van der Waals surface area contributed by atoms with Crippen LogP contribution < -0.4 is 0 Å². The summed E-state index contributed by atoms with van der Waals surface area (Å²) in [6.45, 7) is 3.93. The molecule has 0 radical (unpaired) electrons. The van der Waals surface area contributed by atoms with Crippen molar-refractivity contribution in [3.63, 3.8) is 0 Å². The van der Waals surface area contributed by atoms with Gasteiger partial charge in [0.2, 0.25) is 0 Å². The second-order valence-corrected chi connectivity index (χ2v) is 2.51. The van der Waals surface area contributed by atoms with E-state index in [1.165, 1.54) is 7.11 Å². The molecule has 0 aromatic carbocycles. The predicted molar refractivity (Wildman–Crippen MR) is 48.8 cm³/mol. The van der Waals surface area contributed by atoms with E-state index in [1.807, 2.05) is 6.92 Å². The number of methoxy groups -OCH3 is 1. The van der Waals surface area contributed by atoms with Crippen LogP contribution in [-0.2, 0) is 9.53 Å². The largest absolute Gasteiger partial charge is 0.465 e. The predicted octanol–water partition coefficient (Wildman–Crippen LogP) is 2.45. The van der Waals surface area contributed by atoms with Gasteiger partial charge in [-0.05, 0) is 25.8 Å². The van der Waals surface area contributed by atoms with Gasteiger partial charge in [0.25, 0.3) is 0 Å². The SMILES string of the molecule is CC=C=C(CCCC)C(=O)OC. The molecule has 0 atom stereocenters. The molecule has 0 saturated carbocycles. The topological polar surface area (TPSA) is 26.3 Å². The van der Waals surface area contributed by atoms with Crippen LogP contribution in [-0.4, -0.2) is 13.1 Å². The zero-order valence-electron chi connectivity index (χ0n) is 8.02. The molecule has 2 heteroatoms. The highest BCUT2D eigenvalue weighted by molar-refractivity contribution is 5.87. The van der Waals surface area contributed by atoms with Gasteiger partial charge in [-0.3, -0.25) is 0 Å². The molecule has 0 bridgehead atoms. The Morgan fingerprint density at radius 3 is 2.67 bits per heavy atom. The van der Waals surface area contributed by atoms with Crippen molar-refractivity contribution < 1.29 is 9.53 Å². The summed E-state index contributed by atoms with van der Waals surface area (Å²) >= 11 is 0. The number of carbonyl (C=O) groups is 1. The fourth-order valence-electron chi connectivity index (χ4n) is 0.884. The van der Waals surface area contributed by atoms with Crippen molar-refractivity contribution in [1.82, 2.24) is 0 Å². The maximum Gasteiger partial charge on any atom is 0.341 e. The van der Waals surface area contributed by atoms with Gasteiger partial charge in [0.1, 0.15) is 0 Å². The summed E-state index contributed by atoms with van der Waals surface area (Å²) in [6, 6.07) is 0. The number of hydrogen-bond donors (Lipinski definition) is 0. The van der Waals surface area contributed by atoms with E-state index in [0.29, 0.717) is 5.57 Å². The van der Waals surface area contributed by atoms with Crippen LogP contribution in [0.4, 0.5) is 0 Å². The first kappa shape index (κ1) is 11.0. The van der Waals surface area contributed by atoms with Crippen LogP contribution >= 0.6 is 0 Å². The lowest BCUT2D eigenvalue weighted by atomic mass is 10.1. The second-order valence-electron chi connectivity index (χ2n) is 2.51. The third-order valence-corrected chi connectivity index (χ3v) is 1.53. The monoisotopic (exact) mass is 168 g/mol. The van der Waals surface area contributed by atoms with Gasteiger partial charge in [-0.15, -0.1) is 5.73 Å². The normalized spacial score (nSPS) is 8.58. The molecule has 0 aliphatic rings. The fraction of sp³-hybridized carbons (Fsp3) is 0.600. The molecule has 0 aromatic heterocycles. The highest BCUT2D eigenvalue weighted by Crippen LogP contribution is 2.07. The molecule has 68 valence electrons. The Morgan fingerprint density at radius 2 is 2.25 bits per heavy atom. The highest BCUT2D eigenvalue weighted by Gasteiger charge is 2.06. The van der Waals surface area contributed by atoms with E-state index in [9.17, 15) is 4.79 Å². The van der Waals surface area contributed by atoms with Crippen molar-refractivity contribution in [1.29, 1.82) is 0 Å². The van der Waals surface area contributed by atoms with Gasteiger partial charge in [-0.2, -0.15) is 0 Å².